The lowest BCUT2D eigenvalue weighted by molar-refractivity contribution is 0.285. The molecule has 1 N–H and O–H groups in total. The van der Waals surface area contributed by atoms with Crippen LogP contribution in [-0.4, -0.2) is 16.7 Å². The minimum Gasteiger partial charge on any atom is -0.395 e. The Morgan fingerprint density at radius 2 is 2.50 bits per heavy atom. The highest BCUT2D eigenvalue weighted by atomic mass is 79.9. The Labute approximate surface area is 78.8 Å². The van der Waals surface area contributed by atoms with Gasteiger partial charge < -0.3 is 5.11 Å². The molecule has 0 amide bonds. The summed E-state index contributed by atoms with van der Waals surface area (Å²) in [5.74, 6) is -0.470. The molecule has 0 radical (unpaired) electrons. The third-order valence-corrected chi connectivity index (χ3v) is 2.18. The van der Waals surface area contributed by atoms with Crippen LogP contribution in [0.3, 0.4) is 0 Å². The number of halogens is 1. The molecule has 1 rings (SSSR count). The van der Waals surface area contributed by atoms with Gasteiger partial charge in [0.25, 0.3) is 0 Å². The average molecular weight is 227 g/mol. The number of aliphatic hydroxyl groups is 1. The van der Waals surface area contributed by atoms with Crippen molar-refractivity contribution in [3.8, 4) is 6.07 Å². The molecular weight excluding hydrogens is 220 g/mol. The van der Waals surface area contributed by atoms with Crippen molar-refractivity contribution in [1.82, 2.24) is 4.98 Å². The summed E-state index contributed by atoms with van der Waals surface area (Å²) in [6, 6.07) is 3.72. The van der Waals surface area contributed by atoms with Gasteiger partial charge in [-0.25, -0.2) is 0 Å². The highest BCUT2D eigenvalue weighted by molar-refractivity contribution is 9.10. The summed E-state index contributed by atoms with van der Waals surface area (Å²) in [6.07, 6.45) is 3.20. The molecule has 0 saturated heterocycles. The highest BCUT2D eigenvalue weighted by Crippen LogP contribution is 2.22. The summed E-state index contributed by atoms with van der Waals surface area (Å²) in [4.78, 5) is 3.86. The van der Waals surface area contributed by atoms with Crippen molar-refractivity contribution in [1.29, 1.82) is 5.26 Å². The SMILES string of the molecule is N#CC(CO)c1ccncc1Br. The first kappa shape index (κ1) is 9.17. The number of aromatic nitrogens is 1. The molecule has 1 heterocycles. The molecule has 0 aromatic carbocycles. The second-order valence-corrected chi connectivity index (χ2v) is 3.12. The molecule has 0 fully saturated rings. The fourth-order valence-corrected chi connectivity index (χ4v) is 1.40. The number of rotatable bonds is 2. The molecule has 3 nitrogen and oxygen atoms in total. The van der Waals surface area contributed by atoms with Crippen LogP contribution in [0.5, 0.6) is 0 Å². The fraction of sp³-hybridized carbons (Fsp3) is 0.250. The zero-order valence-corrected chi connectivity index (χ0v) is 7.82. The summed E-state index contributed by atoms with van der Waals surface area (Å²) in [7, 11) is 0. The molecule has 0 aliphatic carbocycles. The van der Waals surface area contributed by atoms with E-state index in [0.29, 0.717) is 0 Å². The largest absolute Gasteiger partial charge is 0.395 e. The molecule has 4 heteroatoms. The molecule has 1 atom stereocenters. The van der Waals surface area contributed by atoms with Gasteiger partial charge in [0.05, 0.1) is 18.6 Å². The van der Waals surface area contributed by atoms with Gasteiger partial charge in [-0.1, -0.05) is 0 Å². The average Bonchev–Trinajstić information content (AvgIpc) is 2.10. The normalized spacial score (nSPS) is 12.1. The van der Waals surface area contributed by atoms with Gasteiger partial charge in [-0.3, -0.25) is 4.98 Å². The molecule has 0 spiro atoms. The van der Waals surface area contributed by atoms with Gasteiger partial charge in [0.1, 0.15) is 0 Å². The summed E-state index contributed by atoms with van der Waals surface area (Å²) in [6.45, 7) is -0.168. The van der Waals surface area contributed by atoms with Gasteiger partial charge in [0.2, 0.25) is 0 Å². The van der Waals surface area contributed by atoms with Crippen molar-refractivity contribution in [2.24, 2.45) is 0 Å². The Hall–Kier alpha value is -0.920. The Morgan fingerprint density at radius 1 is 1.75 bits per heavy atom. The Bertz CT molecular complexity index is 308. The van der Waals surface area contributed by atoms with Crippen molar-refractivity contribution in [3.05, 3.63) is 28.5 Å². The first-order valence-electron chi connectivity index (χ1n) is 3.39. The lowest BCUT2D eigenvalue weighted by atomic mass is 10.0. The van der Waals surface area contributed by atoms with E-state index in [1.54, 1.807) is 18.5 Å². The molecule has 0 bridgehead atoms. The van der Waals surface area contributed by atoms with Crippen LogP contribution in [0.25, 0.3) is 0 Å². The van der Waals surface area contributed by atoms with Crippen molar-refractivity contribution < 1.29 is 5.11 Å². The number of hydrogen-bond acceptors (Lipinski definition) is 3. The standard InChI is InChI=1S/C8H7BrN2O/c9-8-4-11-2-1-7(8)6(3-10)5-12/h1-2,4,6,12H,5H2. The lowest BCUT2D eigenvalue weighted by Gasteiger charge is -2.06. The molecule has 0 saturated carbocycles. The monoisotopic (exact) mass is 226 g/mol. The van der Waals surface area contributed by atoms with Gasteiger partial charge in [0.15, 0.2) is 0 Å². The number of nitrogens with zero attached hydrogens (tertiary/aromatic N) is 2. The number of pyridine rings is 1. The molecule has 62 valence electrons. The maximum Gasteiger partial charge on any atom is 0.0955 e. The van der Waals surface area contributed by atoms with Crippen molar-refractivity contribution in [2.45, 2.75) is 5.92 Å². The quantitative estimate of drug-likeness (QED) is 0.831. The van der Waals surface area contributed by atoms with E-state index in [1.807, 2.05) is 6.07 Å². The number of nitriles is 1. The Morgan fingerprint density at radius 3 is 3.00 bits per heavy atom. The van der Waals surface area contributed by atoms with Crippen molar-refractivity contribution in [3.63, 3.8) is 0 Å². The van der Waals surface area contributed by atoms with Gasteiger partial charge >= 0.3 is 0 Å². The van der Waals surface area contributed by atoms with Crippen LogP contribution in [0, 0.1) is 11.3 Å². The molecule has 12 heavy (non-hydrogen) atoms. The summed E-state index contributed by atoms with van der Waals surface area (Å²) in [5, 5.41) is 17.5. The fourth-order valence-electron chi connectivity index (χ4n) is 0.877. The third-order valence-electron chi connectivity index (χ3n) is 1.52. The second-order valence-electron chi connectivity index (χ2n) is 2.26. The Balaban J connectivity index is 3.02. The van der Waals surface area contributed by atoms with Crippen molar-refractivity contribution >= 4 is 15.9 Å². The zero-order chi connectivity index (χ0) is 8.97. The topological polar surface area (TPSA) is 56.9 Å². The van der Waals surface area contributed by atoms with Crippen LogP contribution in [0.4, 0.5) is 0 Å². The maximum atomic E-state index is 8.84. The van der Waals surface area contributed by atoms with Crippen LogP contribution in [0.1, 0.15) is 11.5 Å². The predicted octanol–water partition coefficient (Wildman–Crippen LogP) is 1.44. The van der Waals surface area contributed by atoms with E-state index in [2.05, 4.69) is 20.9 Å². The van der Waals surface area contributed by atoms with E-state index in [9.17, 15) is 0 Å². The van der Waals surface area contributed by atoms with Crippen LogP contribution >= 0.6 is 15.9 Å². The van der Waals surface area contributed by atoms with Gasteiger partial charge in [-0.2, -0.15) is 5.26 Å². The van der Waals surface area contributed by atoms with Gasteiger partial charge in [-0.15, -0.1) is 0 Å². The second kappa shape index (κ2) is 4.19. The van der Waals surface area contributed by atoms with Gasteiger partial charge in [-0.05, 0) is 27.6 Å². The third kappa shape index (κ3) is 1.81. The van der Waals surface area contributed by atoms with E-state index >= 15 is 0 Å². The minimum absolute atomic E-state index is 0.168. The molecule has 1 aromatic heterocycles. The molecule has 1 unspecified atom stereocenters. The van der Waals surface area contributed by atoms with E-state index in [0.717, 1.165) is 10.0 Å². The van der Waals surface area contributed by atoms with Crippen LogP contribution in [0.15, 0.2) is 22.9 Å². The number of hydrogen-bond donors (Lipinski definition) is 1. The van der Waals surface area contributed by atoms with Crippen LogP contribution in [0.2, 0.25) is 0 Å². The molecule has 0 aliphatic rings. The smallest absolute Gasteiger partial charge is 0.0955 e. The summed E-state index contributed by atoms with van der Waals surface area (Å²) < 4.78 is 0.755. The molecule has 0 aliphatic heterocycles. The van der Waals surface area contributed by atoms with E-state index < -0.39 is 5.92 Å². The van der Waals surface area contributed by atoms with Crippen LogP contribution in [-0.2, 0) is 0 Å². The summed E-state index contributed by atoms with van der Waals surface area (Å²) in [5.41, 5.74) is 0.773. The van der Waals surface area contributed by atoms with E-state index in [4.69, 9.17) is 10.4 Å². The van der Waals surface area contributed by atoms with Crippen LogP contribution < -0.4 is 0 Å². The maximum absolute atomic E-state index is 8.84. The first-order valence-corrected chi connectivity index (χ1v) is 4.18. The molecular formula is C8H7BrN2O. The zero-order valence-electron chi connectivity index (χ0n) is 6.24. The van der Waals surface area contributed by atoms with Gasteiger partial charge in [0, 0.05) is 16.9 Å². The first-order chi connectivity index (χ1) is 5.79. The summed E-state index contributed by atoms with van der Waals surface area (Å²) >= 11 is 3.25. The Kier molecular flexibility index (Phi) is 3.20. The van der Waals surface area contributed by atoms with Crippen molar-refractivity contribution in [2.75, 3.05) is 6.61 Å². The lowest BCUT2D eigenvalue weighted by Crippen LogP contribution is -2.01. The van der Waals surface area contributed by atoms with E-state index in [-0.39, 0.29) is 6.61 Å². The number of aliphatic hydroxyl groups excluding tert-OH is 1. The molecule has 1 aromatic rings. The minimum atomic E-state index is -0.470. The predicted molar refractivity (Wildman–Crippen MR) is 47.4 cm³/mol. The highest BCUT2D eigenvalue weighted by Gasteiger charge is 2.11. The van der Waals surface area contributed by atoms with E-state index in [1.165, 1.54) is 0 Å².